The SMILES string of the molecule is C=Cc1cc(OC)c2c(c1)c(=O)oc1c2cc(OC)c2c(O)ccc(C3OC(C)C(OC(C)=O)C(N(C)C)C3O)c21. The lowest BCUT2D eigenvalue weighted by atomic mass is 9.86. The minimum absolute atomic E-state index is 0.112. The van der Waals surface area contributed by atoms with Crippen LogP contribution in [0.15, 0.2) is 46.1 Å². The van der Waals surface area contributed by atoms with Gasteiger partial charge >= 0.3 is 11.6 Å². The lowest BCUT2D eigenvalue weighted by Crippen LogP contribution is -2.60. The van der Waals surface area contributed by atoms with E-state index in [1.165, 1.54) is 27.2 Å². The molecule has 1 aliphatic rings. The molecule has 216 valence electrons. The number of benzene rings is 3. The molecule has 1 fully saturated rings. The molecule has 3 aromatic carbocycles. The molecule has 0 bridgehead atoms. The first kappa shape index (κ1) is 28.4. The van der Waals surface area contributed by atoms with Crippen LogP contribution in [0, 0.1) is 0 Å². The Bertz CT molecular complexity index is 1740. The zero-order chi connectivity index (χ0) is 29.7. The fraction of sp³-hybridized carbons (Fsp3) is 0.355. The predicted octanol–water partition coefficient (Wildman–Crippen LogP) is 4.15. The molecule has 5 unspecified atom stereocenters. The standard InChI is InChI=1S/C31H33NO9/c1-8-16-11-19-23(21(12-16)37-6)18-13-22(38-7)25-20(34)10-9-17(24(25)29(18)41-31(19)36)30-27(35)26(32(4)5)28(14(2)39-30)40-15(3)33/h8-14,26-28,30,34-35H,1H2,2-7H3. The predicted molar refractivity (Wildman–Crippen MR) is 155 cm³/mol. The van der Waals surface area contributed by atoms with E-state index in [0.717, 1.165) is 0 Å². The molecule has 4 aromatic rings. The number of rotatable bonds is 6. The number of nitrogens with zero attached hydrogens (tertiary/aromatic N) is 1. The summed E-state index contributed by atoms with van der Waals surface area (Å²) in [6.45, 7) is 6.87. The monoisotopic (exact) mass is 563 g/mol. The molecule has 2 heterocycles. The van der Waals surface area contributed by atoms with Gasteiger partial charge in [-0.2, -0.15) is 0 Å². The van der Waals surface area contributed by atoms with E-state index in [9.17, 15) is 19.8 Å². The van der Waals surface area contributed by atoms with Crippen molar-refractivity contribution in [2.75, 3.05) is 28.3 Å². The van der Waals surface area contributed by atoms with Crippen LogP contribution in [-0.4, -0.2) is 73.8 Å². The van der Waals surface area contributed by atoms with Gasteiger partial charge in [0.1, 0.15) is 41.1 Å². The van der Waals surface area contributed by atoms with Crippen LogP contribution in [0.3, 0.4) is 0 Å². The van der Waals surface area contributed by atoms with E-state index in [-0.39, 0.29) is 22.1 Å². The summed E-state index contributed by atoms with van der Waals surface area (Å²) in [6.07, 6.45) is -1.86. The highest BCUT2D eigenvalue weighted by molar-refractivity contribution is 6.19. The molecule has 0 amide bonds. The Morgan fingerprint density at radius 1 is 1.05 bits per heavy atom. The molecule has 10 heteroatoms. The van der Waals surface area contributed by atoms with Crippen molar-refractivity contribution in [3.05, 3.63) is 58.5 Å². The van der Waals surface area contributed by atoms with Gasteiger partial charge in [-0.15, -0.1) is 0 Å². The third-order valence-corrected chi connectivity index (χ3v) is 7.72. The van der Waals surface area contributed by atoms with Gasteiger partial charge in [-0.3, -0.25) is 4.79 Å². The van der Waals surface area contributed by atoms with Crippen molar-refractivity contribution in [1.29, 1.82) is 0 Å². The van der Waals surface area contributed by atoms with Crippen molar-refractivity contribution < 1.29 is 38.4 Å². The highest BCUT2D eigenvalue weighted by Gasteiger charge is 2.47. The third kappa shape index (κ3) is 4.57. The molecule has 5 rings (SSSR count). The number of aliphatic hydroxyl groups excluding tert-OH is 1. The number of phenolic OH excluding ortho intramolecular Hbond substituents is 1. The van der Waals surface area contributed by atoms with Crippen LogP contribution in [-0.2, 0) is 14.3 Å². The van der Waals surface area contributed by atoms with Crippen LogP contribution < -0.4 is 15.1 Å². The van der Waals surface area contributed by atoms with Gasteiger partial charge in [0, 0.05) is 23.1 Å². The number of aromatic hydroxyl groups is 1. The Morgan fingerprint density at radius 2 is 1.73 bits per heavy atom. The maximum atomic E-state index is 13.4. The fourth-order valence-electron chi connectivity index (χ4n) is 5.95. The molecule has 0 aliphatic carbocycles. The summed E-state index contributed by atoms with van der Waals surface area (Å²) in [4.78, 5) is 27.1. The smallest absolute Gasteiger partial charge is 0.344 e. The lowest BCUT2D eigenvalue weighted by molar-refractivity contribution is -0.212. The third-order valence-electron chi connectivity index (χ3n) is 7.72. The topological polar surface area (TPSA) is 128 Å². The average Bonchev–Trinajstić information content (AvgIpc) is 2.94. The largest absolute Gasteiger partial charge is 0.507 e. The van der Waals surface area contributed by atoms with E-state index in [2.05, 4.69) is 6.58 Å². The van der Waals surface area contributed by atoms with Crippen LogP contribution in [0.5, 0.6) is 17.2 Å². The first-order chi connectivity index (χ1) is 19.5. The Hall–Kier alpha value is -4.12. The summed E-state index contributed by atoms with van der Waals surface area (Å²) in [5, 5.41) is 24.6. The molecular weight excluding hydrogens is 530 g/mol. The molecular formula is C31H33NO9. The second kappa shape index (κ2) is 10.7. The second-order valence-corrected chi connectivity index (χ2v) is 10.4. The first-order valence-corrected chi connectivity index (χ1v) is 13.1. The number of phenols is 1. The normalized spacial score (nSPS) is 22.8. The van der Waals surface area contributed by atoms with E-state index in [4.69, 9.17) is 23.4 Å². The van der Waals surface area contributed by atoms with Crippen molar-refractivity contribution in [1.82, 2.24) is 4.90 Å². The maximum absolute atomic E-state index is 13.4. The van der Waals surface area contributed by atoms with Gasteiger partial charge < -0.3 is 38.5 Å². The molecule has 0 spiro atoms. The molecule has 2 N–H and O–H groups in total. The highest BCUT2D eigenvalue weighted by atomic mass is 16.6. The minimum atomic E-state index is -1.17. The number of esters is 1. The number of hydrogen-bond donors (Lipinski definition) is 2. The molecule has 0 radical (unpaired) electrons. The molecule has 5 atom stereocenters. The van der Waals surface area contributed by atoms with Crippen LogP contribution >= 0.6 is 0 Å². The van der Waals surface area contributed by atoms with Gasteiger partial charge in [0.05, 0.1) is 37.1 Å². The number of methoxy groups -OCH3 is 2. The molecule has 0 saturated carbocycles. The highest BCUT2D eigenvalue weighted by Crippen LogP contribution is 2.47. The van der Waals surface area contributed by atoms with E-state index in [1.807, 2.05) is 0 Å². The summed E-state index contributed by atoms with van der Waals surface area (Å²) in [6, 6.07) is 7.59. The zero-order valence-corrected chi connectivity index (χ0v) is 23.8. The Labute approximate surface area is 236 Å². The lowest BCUT2D eigenvalue weighted by Gasteiger charge is -2.46. The van der Waals surface area contributed by atoms with Crippen molar-refractivity contribution >= 4 is 44.6 Å². The Morgan fingerprint density at radius 3 is 2.34 bits per heavy atom. The molecule has 1 saturated heterocycles. The number of ether oxygens (including phenoxy) is 4. The van der Waals surface area contributed by atoms with Crippen LogP contribution in [0.25, 0.3) is 38.6 Å². The summed E-state index contributed by atoms with van der Waals surface area (Å²) in [7, 11) is 6.54. The molecule has 1 aliphatic heterocycles. The number of carbonyl (C=O) groups excluding carboxylic acids is 1. The maximum Gasteiger partial charge on any atom is 0.344 e. The molecule has 10 nitrogen and oxygen atoms in total. The van der Waals surface area contributed by atoms with E-state index < -0.39 is 42.1 Å². The van der Waals surface area contributed by atoms with E-state index >= 15 is 0 Å². The van der Waals surface area contributed by atoms with Gasteiger partial charge in [-0.1, -0.05) is 18.7 Å². The summed E-state index contributed by atoms with van der Waals surface area (Å²) in [5.41, 5.74) is 0.686. The molecule has 1 aromatic heterocycles. The van der Waals surface area contributed by atoms with Gasteiger partial charge in [0.25, 0.3) is 0 Å². The summed E-state index contributed by atoms with van der Waals surface area (Å²) in [5.74, 6) is 0.144. The number of fused-ring (bicyclic) bond motifs is 5. The summed E-state index contributed by atoms with van der Waals surface area (Å²) >= 11 is 0. The fourth-order valence-corrected chi connectivity index (χ4v) is 5.95. The van der Waals surface area contributed by atoms with Crippen LogP contribution in [0.2, 0.25) is 0 Å². The number of aliphatic hydroxyl groups is 1. The quantitative estimate of drug-likeness (QED) is 0.201. The number of carbonyl (C=O) groups is 1. The second-order valence-electron chi connectivity index (χ2n) is 10.4. The van der Waals surface area contributed by atoms with Crippen LogP contribution in [0.1, 0.15) is 31.1 Å². The van der Waals surface area contributed by atoms with Gasteiger partial charge in [-0.05, 0) is 56.4 Å². The first-order valence-electron chi connectivity index (χ1n) is 13.1. The van der Waals surface area contributed by atoms with Crippen molar-refractivity contribution in [2.45, 2.75) is 44.3 Å². The van der Waals surface area contributed by atoms with Gasteiger partial charge in [0.15, 0.2) is 0 Å². The van der Waals surface area contributed by atoms with Crippen molar-refractivity contribution in [2.24, 2.45) is 0 Å². The van der Waals surface area contributed by atoms with E-state index in [1.54, 1.807) is 56.3 Å². The minimum Gasteiger partial charge on any atom is -0.507 e. The number of hydrogen-bond acceptors (Lipinski definition) is 10. The Kier molecular flexibility index (Phi) is 7.41. The number of likely N-dealkylation sites (N-methyl/N-ethyl adjacent to an activating group) is 1. The molecule has 41 heavy (non-hydrogen) atoms. The van der Waals surface area contributed by atoms with Crippen molar-refractivity contribution in [3.8, 4) is 17.2 Å². The van der Waals surface area contributed by atoms with Gasteiger partial charge in [0.2, 0.25) is 0 Å². The zero-order valence-electron chi connectivity index (χ0n) is 23.8. The van der Waals surface area contributed by atoms with Crippen molar-refractivity contribution in [3.63, 3.8) is 0 Å². The van der Waals surface area contributed by atoms with E-state index in [0.29, 0.717) is 38.8 Å². The van der Waals surface area contributed by atoms with Gasteiger partial charge in [-0.25, -0.2) is 4.79 Å². The summed E-state index contributed by atoms with van der Waals surface area (Å²) < 4.78 is 29.2. The van der Waals surface area contributed by atoms with Crippen LogP contribution in [0.4, 0.5) is 0 Å². The average molecular weight is 564 g/mol. The Balaban J connectivity index is 1.88.